The first kappa shape index (κ1) is 20.5. The minimum absolute atomic E-state index is 0.245. The lowest BCUT2D eigenvalue weighted by molar-refractivity contribution is -0.0226. The van der Waals surface area contributed by atoms with Crippen LogP contribution in [0.2, 0.25) is 0 Å². The number of aromatic amines is 1. The van der Waals surface area contributed by atoms with E-state index in [0.717, 1.165) is 29.1 Å². The molecule has 1 saturated carbocycles. The van der Waals surface area contributed by atoms with Gasteiger partial charge in [0.2, 0.25) is 0 Å². The first-order chi connectivity index (χ1) is 15.6. The highest BCUT2D eigenvalue weighted by molar-refractivity contribution is 7.13. The van der Waals surface area contributed by atoms with Crippen LogP contribution in [-0.2, 0) is 4.74 Å². The van der Waals surface area contributed by atoms with Crippen molar-refractivity contribution >= 4 is 22.9 Å². The van der Waals surface area contributed by atoms with Crippen molar-refractivity contribution in [2.45, 2.75) is 38.8 Å². The Morgan fingerprint density at radius 3 is 2.97 bits per heavy atom. The number of amides is 1. The van der Waals surface area contributed by atoms with E-state index in [1.54, 1.807) is 17.8 Å². The predicted octanol–water partition coefficient (Wildman–Crippen LogP) is 4.09. The second-order valence-corrected chi connectivity index (χ2v) is 8.52. The molecule has 0 aliphatic heterocycles. The molecule has 0 unspecified atom stereocenters. The molecule has 0 radical (unpaired) electrons. The van der Waals surface area contributed by atoms with E-state index in [9.17, 15) is 4.79 Å². The van der Waals surface area contributed by atoms with Crippen molar-refractivity contribution in [1.29, 1.82) is 0 Å². The molecule has 0 aromatic carbocycles. The van der Waals surface area contributed by atoms with E-state index in [1.165, 1.54) is 11.3 Å². The summed E-state index contributed by atoms with van der Waals surface area (Å²) in [6.07, 6.45) is 7.46. The fraction of sp³-hybridized carbons (Fsp3) is 0.318. The van der Waals surface area contributed by atoms with Crippen LogP contribution in [0.5, 0.6) is 0 Å². The average Bonchev–Trinajstić information content (AvgIpc) is 3.50. The van der Waals surface area contributed by atoms with Crippen LogP contribution in [0.25, 0.3) is 22.0 Å². The summed E-state index contributed by atoms with van der Waals surface area (Å²) in [5.74, 6) is -0.286. The molecule has 0 atom stereocenters. The number of carbonyl (C=O) groups excluding carboxylic acids is 1. The Hall–Kier alpha value is -3.37. The number of nitrogens with one attached hydrogen (secondary N) is 2. The molecular weight excluding hydrogens is 426 g/mol. The van der Waals surface area contributed by atoms with Gasteiger partial charge >= 0.3 is 0 Å². The third kappa shape index (κ3) is 3.94. The minimum atomic E-state index is -0.286. The van der Waals surface area contributed by atoms with Crippen molar-refractivity contribution in [2.24, 2.45) is 0 Å². The number of hydrogen-bond acceptors (Lipinski definition) is 7. The number of ether oxygens (including phenoxy) is 1. The maximum atomic E-state index is 13.0. The number of pyridine rings is 1. The van der Waals surface area contributed by atoms with Gasteiger partial charge in [-0.3, -0.25) is 19.6 Å². The zero-order valence-electron chi connectivity index (χ0n) is 17.8. The summed E-state index contributed by atoms with van der Waals surface area (Å²) in [6.45, 7) is 4.62. The molecule has 5 rings (SSSR count). The summed E-state index contributed by atoms with van der Waals surface area (Å²) >= 11 is 1.41. The smallest absolute Gasteiger partial charge is 0.275 e. The van der Waals surface area contributed by atoms with Crippen molar-refractivity contribution < 1.29 is 9.53 Å². The first-order valence-electron chi connectivity index (χ1n) is 10.5. The first-order valence-corrected chi connectivity index (χ1v) is 11.4. The van der Waals surface area contributed by atoms with Gasteiger partial charge in [0.15, 0.2) is 0 Å². The molecule has 0 spiro atoms. The summed E-state index contributed by atoms with van der Waals surface area (Å²) in [5.41, 5.74) is 4.05. The fourth-order valence-electron chi connectivity index (χ4n) is 3.75. The van der Waals surface area contributed by atoms with Crippen molar-refractivity contribution in [2.75, 3.05) is 11.9 Å². The lowest BCUT2D eigenvalue weighted by atomic mass is 9.89. The Balaban J connectivity index is 1.39. The third-order valence-corrected chi connectivity index (χ3v) is 6.41. The van der Waals surface area contributed by atoms with Gasteiger partial charge in [-0.25, -0.2) is 4.98 Å². The second-order valence-electron chi connectivity index (χ2n) is 7.67. The van der Waals surface area contributed by atoms with E-state index < -0.39 is 0 Å². The molecule has 9 nitrogen and oxygen atoms in total. The zero-order chi connectivity index (χ0) is 22.1. The van der Waals surface area contributed by atoms with Gasteiger partial charge in [0.05, 0.1) is 34.8 Å². The van der Waals surface area contributed by atoms with Crippen LogP contribution >= 0.6 is 11.3 Å². The number of carbonyl (C=O) groups is 1. The van der Waals surface area contributed by atoms with Gasteiger partial charge in [0.1, 0.15) is 16.4 Å². The summed E-state index contributed by atoms with van der Waals surface area (Å²) in [7, 11) is 0. The lowest BCUT2D eigenvalue weighted by Gasteiger charge is -2.34. The molecule has 164 valence electrons. The van der Waals surface area contributed by atoms with Gasteiger partial charge in [-0.1, -0.05) is 6.07 Å². The number of rotatable bonds is 7. The summed E-state index contributed by atoms with van der Waals surface area (Å²) in [6, 6.07) is 5.89. The zero-order valence-corrected chi connectivity index (χ0v) is 18.6. The molecule has 32 heavy (non-hydrogen) atoms. The molecule has 4 heterocycles. The third-order valence-electron chi connectivity index (χ3n) is 5.53. The predicted molar refractivity (Wildman–Crippen MR) is 122 cm³/mol. The van der Waals surface area contributed by atoms with E-state index in [2.05, 4.69) is 25.5 Å². The average molecular weight is 450 g/mol. The van der Waals surface area contributed by atoms with Crippen LogP contribution in [0, 0.1) is 6.92 Å². The molecule has 0 saturated heterocycles. The van der Waals surface area contributed by atoms with Gasteiger partial charge in [-0.15, -0.1) is 11.3 Å². The maximum Gasteiger partial charge on any atom is 0.275 e. The van der Waals surface area contributed by atoms with E-state index in [-0.39, 0.29) is 18.1 Å². The monoisotopic (exact) mass is 449 g/mol. The quantitative estimate of drug-likeness (QED) is 0.440. The van der Waals surface area contributed by atoms with E-state index >= 15 is 0 Å². The number of hydrogen-bond donors (Lipinski definition) is 2. The Labute approximate surface area is 188 Å². The highest BCUT2D eigenvalue weighted by Gasteiger charge is 2.32. The van der Waals surface area contributed by atoms with Crippen molar-refractivity contribution in [3.8, 4) is 22.0 Å². The largest absolute Gasteiger partial charge is 0.378 e. The highest BCUT2D eigenvalue weighted by atomic mass is 32.1. The Morgan fingerprint density at radius 1 is 1.38 bits per heavy atom. The van der Waals surface area contributed by atoms with Crippen LogP contribution in [0.3, 0.4) is 0 Å². The number of nitrogens with zero attached hydrogens (tertiary/aromatic N) is 5. The fourth-order valence-corrected chi connectivity index (χ4v) is 4.62. The van der Waals surface area contributed by atoms with Crippen molar-refractivity contribution in [1.82, 2.24) is 29.9 Å². The summed E-state index contributed by atoms with van der Waals surface area (Å²) < 4.78 is 7.59. The minimum Gasteiger partial charge on any atom is -0.378 e. The van der Waals surface area contributed by atoms with Gasteiger partial charge < -0.3 is 10.1 Å². The van der Waals surface area contributed by atoms with Crippen LogP contribution in [0.1, 0.15) is 42.0 Å². The molecule has 1 aliphatic rings. The molecule has 10 heteroatoms. The molecule has 1 aliphatic carbocycles. The standard InChI is InChI=1S/C22H23N7O2S/c1-3-31-15-8-14(9-15)29-11-18(20(28-29)17-6-4-5-7-23-17)25-21(30)19-12-32-22(26-19)16-10-24-27-13(16)2/h4-7,10-12,14-15H,3,8-9H2,1-2H3,(H,24,27)(H,25,30)/t14-,15+. The Bertz CT molecular complexity index is 1220. The molecule has 4 aromatic rings. The van der Waals surface area contributed by atoms with Crippen molar-refractivity contribution in [3.05, 3.63) is 53.6 Å². The molecule has 1 fully saturated rings. The van der Waals surface area contributed by atoms with Gasteiger partial charge in [-0.05, 0) is 38.8 Å². The normalized spacial score (nSPS) is 17.8. The van der Waals surface area contributed by atoms with E-state index in [0.29, 0.717) is 29.4 Å². The number of thiazole rings is 1. The van der Waals surface area contributed by atoms with Crippen LogP contribution in [0.15, 0.2) is 42.2 Å². The van der Waals surface area contributed by atoms with E-state index in [4.69, 9.17) is 9.84 Å². The molecule has 2 N–H and O–H groups in total. The number of anilines is 1. The van der Waals surface area contributed by atoms with Crippen LogP contribution in [-0.4, -0.2) is 48.6 Å². The SMILES string of the molecule is CCO[C@H]1C[C@@H](n2cc(NC(=O)c3csc(-c4c[nH]nc4C)n3)c(-c3ccccn3)n2)C1. The second kappa shape index (κ2) is 8.64. The number of H-pyrrole nitrogens is 1. The molecular formula is C22H23N7O2S. The maximum absolute atomic E-state index is 13.0. The molecule has 4 aromatic heterocycles. The van der Waals surface area contributed by atoms with Crippen molar-refractivity contribution in [3.63, 3.8) is 0 Å². The topological polar surface area (TPSA) is 111 Å². The van der Waals surface area contributed by atoms with Gasteiger partial charge in [0, 0.05) is 30.6 Å². The summed E-state index contributed by atoms with van der Waals surface area (Å²) in [5, 5.41) is 17.2. The van der Waals surface area contributed by atoms with Crippen LogP contribution < -0.4 is 5.32 Å². The molecule has 0 bridgehead atoms. The van der Waals surface area contributed by atoms with Gasteiger partial charge in [-0.2, -0.15) is 10.2 Å². The number of aryl methyl sites for hydroxylation is 1. The molecule has 1 amide bonds. The summed E-state index contributed by atoms with van der Waals surface area (Å²) in [4.78, 5) is 21.9. The Kier molecular flexibility index (Phi) is 5.54. The Morgan fingerprint density at radius 2 is 2.25 bits per heavy atom. The lowest BCUT2D eigenvalue weighted by Crippen LogP contribution is -2.33. The highest BCUT2D eigenvalue weighted by Crippen LogP contribution is 2.37. The van der Waals surface area contributed by atoms with Gasteiger partial charge in [0.25, 0.3) is 5.91 Å². The number of aromatic nitrogens is 6. The van der Waals surface area contributed by atoms with E-state index in [1.807, 2.05) is 42.9 Å². The van der Waals surface area contributed by atoms with Crippen LogP contribution in [0.4, 0.5) is 5.69 Å².